The summed E-state index contributed by atoms with van der Waals surface area (Å²) in [5.41, 5.74) is 8.84. The first-order valence-electron chi connectivity index (χ1n) is 17.1. The molecule has 0 saturated heterocycles. The van der Waals surface area contributed by atoms with Crippen LogP contribution in [0.15, 0.2) is 180 Å². The van der Waals surface area contributed by atoms with E-state index in [4.69, 9.17) is 19.4 Å². The summed E-state index contributed by atoms with van der Waals surface area (Å²) >= 11 is 0. The van der Waals surface area contributed by atoms with Gasteiger partial charge < -0.3 is 4.42 Å². The van der Waals surface area contributed by atoms with Crippen LogP contribution in [0.4, 0.5) is 0 Å². The maximum atomic E-state index is 6.31. The van der Waals surface area contributed by atoms with Crippen LogP contribution in [0.2, 0.25) is 0 Å². The molecule has 2 heterocycles. The summed E-state index contributed by atoms with van der Waals surface area (Å²) < 4.78 is 6.31. The summed E-state index contributed by atoms with van der Waals surface area (Å²) in [6, 6.07) is 61.0. The van der Waals surface area contributed by atoms with E-state index in [-0.39, 0.29) is 0 Å². The summed E-state index contributed by atoms with van der Waals surface area (Å²) in [6.45, 7) is 0. The molecule has 0 unspecified atom stereocenters. The largest absolute Gasteiger partial charge is 0.456 e. The molecule has 4 heteroatoms. The average Bonchev–Trinajstić information content (AvgIpc) is 3.59. The summed E-state index contributed by atoms with van der Waals surface area (Å²) in [6.07, 6.45) is 0. The molecule has 0 fully saturated rings. The Morgan fingerprint density at radius 3 is 1.80 bits per heavy atom. The number of para-hydroxylation sites is 1. The first-order valence-corrected chi connectivity index (χ1v) is 17.1. The van der Waals surface area contributed by atoms with Gasteiger partial charge in [0.15, 0.2) is 17.5 Å². The minimum Gasteiger partial charge on any atom is -0.456 e. The van der Waals surface area contributed by atoms with Gasteiger partial charge in [0.2, 0.25) is 0 Å². The molecule has 0 atom stereocenters. The highest BCUT2D eigenvalue weighted by Gasteiger charge is 2.21. The maximum Gasteiger partial charge on any atom is 0.165 e. The van der Waals surface area contributed by atoms with Crippen LogP contribution in [0, 0.1) is 0 Å². The maximum absolute atomic E-state index is 6.31. The molecule has 0 radical (unpaired) electrons. The number of benzene rings is 8. The Labute approximate surface area is 294 Å². The molecule has 0 bridgehead atoms. The van der Waals surface area contributed by atoms with E-state index in [1.54, 1.807) is 0 Å². The van der Waals surface area contributed by atoms with Crippen molar-refractivity contribution in [3.63, 3.8) is 0 Å². The minimum absolute atomic E-state index is 0.592. The topological polar surface area (TPSA) is 51.8 Å². The Bertz CT molecular complexity index is 2920. The van der Waals surface area contributed by atoms with Gasteiger partial charge in [-0.25, -0.2) is 15.0 Å². The lowest BCUT2D eigenvalue weighted by atomic mass is 9.90. The fraction of sp³-hybridized carbons (Fsp3) is 0. The van der Waals surface area contributed by atoms with Crippen molar-refractivity contribution in [2.24, 2.45) is 0 Å². The highest BCUT2D eigenvalue weighted by atomic mass is 16.3. The molecule has 10 aromatic rings. The van der Waals surface area contributed by atoms with E-state index in [0.29, 0.717) is 17.5 Å². The molecule has 238 valence electrons. The molecule has 0 aliphatic rings. The Morgan fingerprint density at radius 1 is 0.333 bits per heavy atom. The van der Waals surface area contributed by atoms with Crippen molar-refractivity contribution >= 4 is 43.5 Å². The zero-order chi connectivity index (χ0) is 33.7. The third-order valence-corrected chi connectivity index (χ3v) is 9.74. The van der Waals surface area contributed by atoms with Crippen LogP contribution in [0.25, 0.3) is 99.9 Å². The molecule has 0 aliphatic heterocycles. The molecule has 0 saturated carbocycles. The molecular formula is C47H29N3O. The number of hydrogen-bond acceptors (Lipinski definition) is 4. The van der Waals surface area contributed by atoms with E-state index >= 15 is 0 Å². The quantitative estimate of drug-likeness (QED) is 0.186. The first-order chi connectivity index (χ1) is 25.3. The number of rotatable bonds is 5. The Morgan fingerprint density at radius 2 is 0.922 bits per heavy atom. The fourth-order valence-electron chi connectivity index (χ4n) is 7.36. The summed E-state index contributed by atoms with van der Waals surface area (Å²) in [4.78, 5) is 15.9. The van der Waals surface area contributed by atoms with Crippen LogP contribution < -0.4 is 0 Å². The minimum atomic E-state index is 0.592. The summed E-state index contributed by atoms with van der Waals surface area (Å²) in [7, 11) is 0. The summed E-state index contributed by atoms with van der Waals surface area (Å²) in [5.74, 6) is 1.81. The lowest BCUT2D eigenvalue weighted by molar-refractivity contribution is 0.669. The van der Waals surface area contributed by atoms with Gasteiger partial charge in [-0.2, -0.15) is 0 Å². The van der Waals surface area contributed by atoms with Crippen molar-refractivity contribution < 1.29 is 4.42 Å². The van der Waals surface area contributed by atoms with Gasteiger partial charge in [0.05, 0.1) is 0 Å². The molecule has 4 nitrogen and oxygen atoms in total. The smallest absolute Gasteiger partial charge is 0.165 e. The van der Waals surface area contributed by atoms with Crippen LogP contribution in [0.1, 0.15) is 0 Å². The van der Waals surface area contributed by atoms with Crippen LogP contribution in [-0.2, 0) is 0 Å². The molecule has 51 heavy (non-hydrogen) atoms. The van der Waals surface area contributed by atoms with Crippen LogP contribution in [0.3, 0.4) is 0 Å². The zero-order valence-corrected chi connectivity index (χ0v) is 27.5. The van der Waals surface area contributed by atoms with E-state index in [1.165, 1.54) is 10.8 Å². The molecule has 0 N–H and O–H groups in total. The Kier molecular flexibility index (Phi) is 6.78. The van der Waals surface area contributed by atoms with Gasteiger partial charge in [0, 0.05) is 27.5 Å². The van der Waals surface area contributed by atoms with Crippen molar-refractivity contribution in [3.05, 3.63) is 176 Å². The average molecular weight is 652 g/mol. The second kappa shape index (κ2) is 11.9. The first kappa shape index (κ1) is 29.0. The van der Waals surface area contributed by atoms with Crippen molar-refractivity contribution in [1.29, 1.82) is 0 Å². The number of fused-ring (bicyclic) bond motifs is 5. The highest BCUT2D eigenvalue weighted by molar-refractivity contribution is 6.12. The van der Waals surface area contributed by atoms with E-state index in [9.17, 15) is 0 Å². The molecular weight excluding hydrogens is 623 g/mol. The fourth-order valence-corrected chi connectivity index (χ4v) is 7.36. The van der Waals surface area contributed by atoms with Gasteiger partial charge in [0.1, 0.15) is 11.2 Å². The molecule has 2 aromatic heterocycles. The second-order valence-corrected chi connectivity index (χ2v) is 12.8. The van der Waals surface area contributed by atoms with Crippen molar-refractivity contribution in [2.75, 3.05) is 0 Å². The van der Waals surface area contributed by atoms with Gasteiger partial charge in [-0.3, -0.25) is 0 Å². The molecule has 8 aromatic carbocycles. The molecule has 0 amide bonds. The van der Waals surface area contributed by atoms with E-state index in [0.717, 1.165) is 71.7 Å². The predicted molar refractivity (Wildman–Crippen MR) is 209 cm³/mol. The van der Waals surface area contributed by atoms with E-state index in [2.05, 4.69) is 140 Å². The Hall–Kier alpha value is -6.91. The monoisotopic (exact) mass is 651 g/mol. The third kappa shape index (κ3) is 4.96. The van der Waals surface area contributed by atoms with Gasteiger partial charge in [-0.1, -0.05) is 158 Å². The van der Waals surface area contributed by atoms with E-state index in [1.807, 2.05) is 36.4 Å². The van der Waals surface area contributed by atoms with Crippen LogP contribution in [-0.4, -0.2) is 15.0 Å². The third-order valence-electron chi connectivity index (χ3n) is 9.74. The zero-order valence-electron chi connectivity index (χ0n) is 27.5. The van der Waals surface area contributed by atoms with Crippen LogP contribution in [0.5, 0.6) is 0 Å². The number of nitrogens with zero attached hydrogens (tertiary/aromatic N) is 3. The predicted octanol–water partition coefficient (Wildman–Crippen LogP) is 12.4. The number of aromatic nitrogens is 3. The SMILES string of the molecule is c1ccc(-c2cccc(-c3nc(-c4c(-c5cccc6ccccc56)ccc5ccccc45)nc(-c4cccc5oc6ccccc6c45)n3)c2)cc1. The van der Waals surface area contributed by atoms with Gasteiger partial charge in [-0.15, -0.1) is 0 Å². The lowest BCUT2D eigenvalue weighted by Gasteiger charge is -2.16. The van der Waals surface area contributed by atoms with Crippen molar-refractivity contribution in [3.8, 4) is 56.4 Å². The van der Waals surface area contributed by atoms with Gasteiger partial charge in [-0.05, 0) is 62.0 Å². The lowest BCUT2D eigenvalue weighted by Crippen LogP contribution is -2.02. The van der Waals surface area contributed by atoms with Crippen molar-refractivity contribution in [1.82, 2.24) is 15.0 Å². The molecule has 0 spiro atoms. The normalized spacial score (nSPS) is 11.5. The van der Waals surface area contributed by atoms with Crippen molar-refractivity contribution in [2.45, 2.75) is 0 Å². The van der Waals surface area contributed by atoms with Crippen LogP contribution >= 0.6 is 0 Å². The second-order valence-electron chi connectivity index (χ2n) is 12.8. The van der Waals surface area contributed by atoms with Gasteiger partial charge in [0.25, 0.3) is 0 Å². The number of hydrogen-bond donors (Lipinski definition) is 0. The molecule has 10 rings (SSSR count). The Balaban J connectivity index is 1.29. The number of furan rings is 1. The van der Waals surface area contributed by atoms with E-state index < -0.39 is 0 Å². The summed E-state index contributed by atoms with van der Waals surface area (Å²) in [5, 5.41) is 6.57. The standard InChI is InChI=1S/C47H29N3O/c1-2-13-30(14-3-1)33-18-10-19-34(29-33)45-48-46(40-24-12-26-42-43(40)39-22-8-9-25-41(39)51-42)50-47(49-45)44-36-21-7-5-16-32(36)27-28-38(44)37-23-11-17-31-15-4-6-20-35(31)37/h1-29H. The molecule has 0 aliphatic carbocycles. The highest BCUT2D eigenvalue weighted by Crippen LogP contribution is 2.42. The van der Waals surface area contributed by atoms with Gasteiger partial charge >= 0.3 is 0 Å².